The highest BCUT2D eigenvalue weighted by molar-refractivity contribution is 5.46. The van der Waals surface area contributed by atoms with Crippen molar-refractivity contribution in [1.29, 1.82) is 0 Å². The van der Waals surface area contributed by atoms with Crippen molar-refractivity contribution in [3.05, 3.63) is 22.2 Å². The van der Waals surface area contributed by atoms with Crippen LogP contribution in [0.15, 0.2) is 10.9 Å². The van der Waals surface area contributed by atoms with Crippen molar-refractivity contribution in [2.45, 2.75) is 64.5 Å². The fraction of sp³-hybridized carbons (Fsp3) is 0.750. The van der Waals surface area contributed by atoms with Crippen LogP contribution >= 0.6 is 0 Å². The van der Waals surface area contributed by atoms with Crippen molar-refractivity contribution in [3.63, 3.8) is 0 Å². The predicted octanol–water partition coefficient (Wildman–Crippen LogP) is 2.48. The van der Waals surface area contributed by atoms with Crippen molar-refractivity contribution in [2.75, 3.05) is 11.4 Å². The van der Waals surface area contributed by atoms with Crippen molar-refractivity contribution >= 4 is 5.82 Å². The molecular weight excluding hydrogens is 250 g/mol. The fourth-order valence-electron chi connectivity index (χ4n) is 4.70. The van der Waals surface area contributed by atoms with Gasteiger partial charge in [-0.2, -0.15) is 4.98 Å². The molecule has 1 spiro atoms. The lowest BCUT2D eigenvalue weighted by molar-refractivity contribution is 0.122. The number of anilines is 1. The Balaban J connectivity index is 1.64. The molecule has 0 amide bonds. The third-order valence-corrected chi connectivity index (χ3v) is 5.71. The van der Waals surface area contributed by atoms with E-state index in [1.165, 1.54) is 44.9 Å². The van der Waals surface area contributed by atoms with Crippen LogP contribution in [0.1, 0.15) is 50.6 Å². The Morgan fingerprint density at radius 1 is 1.25 bits per heavy atom. The Kier molecular flexibility index (Phi) is 2.69. The molecule has 4 rings (SSSR count). The molecule has 1 aromatic rings. The van der Waals surface area contributed by atoms with Crippen LogP contribution in [0.3, 0.4) is 0 Å². The van der Waals surface area contributed by atoms with Crippen LogP contribution < -0.4 is 10.6 Å². The van der Waals surface area contributed by atoms with E-state index in [1.807, 2.05) is 11.5 Å². The van der Waals surface area contributed by atoms with Gasteiger partial charge in [0.05, 0.1) is 0 Å². The van der Waals surface area contributed by atoms with Crippen molar-refractivity contribution in [2.24, 2.45) is 5.41 Å². The zero-order chi connectivity index (χ0) is 13.7. The molecule has 1 aromatic heterocycles. The molecule has 4 nitrogen and oxygen atoms in total. The van der Waals surface area contributed by atoms with Gasteiger partial charge in [0, 0.05) is 30.9 Å². The first kappa shape index (κ1) is 12.4. The standard InChI is InChI=1S/C16H23N3O/c1-12-9-14-18-8-7-16(5-3-2-4-6-16)10-13(18)11-19(14)15(20)17-12/h9,13H,2-8,10-11H2,1H3. The molecule has 2 fully saturated rings. The highest BCUT2D eigenvalue weighted by Crippen LogP contribution is 2.48. The summed E-state index contributed by atoms with van der Waals surface area (Å²) in [6.07, 6.45) is 9.60. The molecule has 1 aliphatic carbocycles. The Morgan fingerprint density at radius 3 is 2.85 bits per heavy atom. The molecule has 0 radical (unpaired) electrons. The van der Waals surface area contributed by atoms with Crippen LogP contribution in [0.25, 0.3) is 0 Å². The van der Waals surface area contributed by atoms with Crippen molar-refractivity contribution in [1.82, 2.24) is 9.55 Å². The minimum Gasteiger partial charge on any atom is -0.353 e. The van der Waals surface area contributed by atoms with Gasteiger partial charge < -0.3 is 4.90 Å². The molecule has 108 valence electrons. The summed E-state index contributed by atoms with van der Waals surface area (Å²) >= 11 is 0. The van der Waals surface area contributed by atoms with Crippen LogP contribution in [-0.2, 0) is 6.54 Å². The van der Waals surface area contributed by atoms with E-state index in [4.69, 9.17) is 0 Å². The molecular formula is C16H23N3O. The minimum absolute atomic E-state index is 0.0629. The lowest BCUT2D eigenvalue weighted by atomic mass is 9.66. The lowest BCUT2D eigenvalue weighted by Crippen LogP contribution is -2.46. The van der Waals surface area contributed by atoms with Crippen LogP contribution in [0, 0.1) is 12.3 Å². The zero-order valence-corrected chi connectivity index (χ0v) is 12.3. The summed E-state index contributed by atoms with van der Waals surface area (Å²) in [6, 6.07) is 2.61. The second-order valence-corrected chi connectivity index (χ2v) is 7.01. The third kappa shape index (κ3) is 1.80. The molecule has 0 N–H and O–H groups in total. The second-order valence-electron chi connectivity index (χ2n) is 7.01. The number of piperidine rings is 1. The van der Waals surface area contributed by atoms with Gasteiger partial charge in [-0.1, -0.05) is 19.3 Å². The molecule has 20 heavy (non-hydrogen) atoms. The van der Waals surface area contributed by atoms with Crippen LogP contribution in [0.4, 0.5) is 5.82 Å². The maximum absolute atomic E-state index is 12.1. The summed E-state index contributed by atoms with van der Waals surface area (Å²) < 4.78 is 1.89. The molecule has 4 heteroatoms. The Labute approximate surface area is 119 Å². The van der Waals surface area contributed by atoms with Crippen LogP contribution in [0.2, 0.25) is 0 Å². The normalized spacial score (nSPS) is 27.4. The van der Waals surface area contributed by atoms with Gasteiger partial charge in [-0.05, 0) is 38.0 Å². The van der Waals surface area contributed by atoms with Gasteiger partial charge >= 0.3 is 5.69 Å². The van der Waals surface area contributed by atoms with Gasteiger partial charge in [-0.25, -0.2) is 4.79 Å². The van der Waals surface area contributed by atoms with E-state index in [1.54, 1.807) is 0 Å². The van der Waals surface area contributed by atoms with Gasteiger partial charge in [0.25, 0.3) is 0 Å². The first-order valence-electron chi connectivity index (χ1n) is 8.02. The Bertz CT molecular complexity index is 586. The van der Waals surface area contributed by atoms with E-state index >= 15 is 0 Å². The number of aryl methyl sites for hydroxylation is 1. The van der Waals surface area contributed by atoms with E-state index in [9.17, 15) is 4.79 Å². The molecule has 3 aliphatic rings. The summed E-state index contributed by atoms with van der Waals surface area (Å²) in [5, 5.41) is 0. The fourth-order valence-corrected chi connectivity index (χ4v) is 4.70. The Morgan fingerprint density at radius 2 is 2.05 bits per heavy atom. The average molecular weight is 273 g/mol. The topological polar surface area (TPSA) is 38.1 Å². The molecule has 2 aliphatic heterocycles. The smallest absolute Gasteiger partial charge is 0.349 e. The largest absolute Gasteiger partial charge is 0.353 e. The maximum Gasteiger partial charge on any atom is 0.349 e. The van der Waals surface area contributed by atoms with E-state index in [0.717, 1.165) is 24.6 Å². The predicted molar refractivity (Wildman–Crippen MR) is 79.1 cm³/mol. The number of hydrogen-bond acceptors (Lipinski definition) is 3. The van der Waals surface area contributed by atoms with Gasteiger partial charge in [-0.15, -0.1) is 0 Å². The van der Waals surface area contributed by atoms with Gasteiger partial charge in [-0.3, -0.25) is 4.57 Å². The van der Waals surface area contributed by atoms with Gasteiger partial charge in [0.1, 0.15) is 5.82 Å². The van der Waals surface area contributed by atoms with E-state index in [2.05, 4.69) is 16.0 Å². The third-order valence-electron chi connectivity index (χ3n) is 5.71. The maximum atomic E-state index is 12.1. The summed E-state index contributed by atoms with van der Waals surface area (Å²) in [4.78, 5) is 18.6. The summed E-state index contributed by atoms with van der Waals surface area (Å²) in [5.74, 6) is 1.11. The first-order chi connectivity index (χ1) is 9.67. The van der Waals surface area contributed by atoms with Crippen LogP contribution in [-0.4, -0.2) is 22.1 Å². The van der Waals surface area contributed by atoms with Crippen molar-refractivity contribution < 1.29 is 0 Å². The molecule has 0 aromatic carbocycles. The van der Waals surface area contributed by atoms with Gasteiger partial charge in [0.15, 0.2) is 0 Å². The minimum atomic E-state index is -0.0629. The average Bonchev–Trinajstić information content (AvgIpc) is 2.77. The quantitative estimate of drug-likeness (QED) is 0.729. The monoisotopic (exact) mass is 273 g/mol. The molecule has 0 bridgehead atoms. The first-order valence-corrected chi connectivity index (χ1v) is 8.02. The highest BCUT2D eigenvalue weighted by atomic mass is 16.1. The van der Waals surface area contributed by atoms with Crippen LogP contribution in [0.5, 0.6) is 0 Å². The summed E-state index contributed by atoms with van der Waals surface area (Å²) in [6.45, 7) is 3.89. The number of nitrogens with zero attached hydrogens (tertiary/aromatic N) is 3. The molecule has 3 heterocycles. The van der Waals surface area contributed by atoms with E-state index < -0.39 is 0 Å². The number of aromatic nitrogens is 2. The van der Waals surface area contributed by atoms with E-state index in [-0.39, 0.29) is 5.69 Å². The highest BCUT2D eigenvalue weighted by Gasteiger charge is 2.43. The van der Waals surface area contributed by atoms with Crippen molar-refractivity contribution in [3.8, 4) is 0 Å². The summed E-state index contributed by atoms with van der Waals surface area (Å²) in [7, 11) is 0. The SMILES string of the molecule is Cc1cc2n(c(=O)n1)CC1CC3(CCCCC3)CCN21. The zero-order valence-electron chi connectivity index (χ0n) is 12.3. The van der Waals surface area contributed by atoms with Gasteiger partial charge in [0.2, 0.25) is 0 Å². The Hall–Kier alpha value is -1.32. The lowest BCUT2D eigenvalue weighted by Gasteiger charge is -2.46. The summed E-state index contributed by atoms with van der Waals surface area (Å²) in [5.41, 5.74) is 1.36. The van der Waals surface area contributed by atoms with E-state index in [0.29, 0.717) is 11.5 Å². The molecule has 1 atom stereocenters. The second kappa shape index (κ2) is 4.34. The number of fused-ring (bicyclic) bond motifs is 3. The molecule has 1 saturated carbocycles. The number of hydrogen-bond donors (Lipinski definition) is 0. The molecule has 1 saturated heterocycles. The molecule has 1 unspecified atom stereocenters. The number of rotatable bonds is 0.